The monoisotopic (exact) mass is 1210 g/mol. The van der Waals surface area contributed by atoms with Crippen LogP contribution in [0.15, 0.2) is 72.9 Å². The van der Waals surface area contributed by atoms with Gasteiger partial charge in [-0.1, -0.05) is 337 Å². The highest BCUT2D eigenvalue weighted by Crippen LogP contribution is 2.43. The lowest BCUT2D eigenvalue weighted by atomic mass is 10.0. The minimum Gasteiger partial charge on any atom is -0.462 e. The van der Waals surface area contributed by atoms with Crippen molar-refractivity contribution in [3.8, 4) is 0 Å². The molecule has 0 aliphatic carbocycles. The number of rotatable bonds is 69. The molecule has 0 saturated carbocycles. The van der Waals surface area contributed by atoms with Gasteiger partial charge >= 0.3 is 19.8 Å². The molecule has 2 unspecified atom stereocenters. The van der Waals surface area contributed by atoms with Gasteiger partial charge in [0.1, 0.15) is 6.61 Å². The summed E-state index contributed by atoms with van der Waals surface area (Å²) in [4.78, 5) is 35.4. The zero-order valence-corrected chi connectivity index (χ0v) is 56.7. The lowest BCUT2D eigenvalue weighted by molar-refractivity contribution is -0.161. The van der Waals surface area contributed by atoms with Gasteiger partial charge in [-0.05, 0) is 83.5 Å². The van der Waals surface area contributed by atoms with Crippen LogP contribution in [-0.4, -0.2) is 49.3 Å². The Morgan fingerprint density at radius 3 is 0.976 bits per heavy atom. The van der Waals surface area contributed by atoms with Crippen LogP contribution in [0.1, 0.15) is 361 Å². The Balaban J connectivity index is 3.82. The van der Waals surface area contributed by atoms with E-state index in [9.17, 15) is 19.0 Å². The van der Waals surface area contributed by atoms with Gasteiger partial charge in [-0.15, -0.1) is 0 Å². The van der Waals surface area contributed by atoms with E-state index in [0.717, 1.165) is 64.2 Å². The van der Waals surface area contributed by atoms with Crippen LogP contribution in [0.5, 0.6) is 0 Å². The molecular formula is C75H138NO8P. The van der Waals surface area contributed by atoms with Crippen molar-refractivity contribution in [2.75, 3.05) is 26.4 Å². The molecule has 0 saturated heterocycles. The Bertz CT molecular complexity index is 1620. The van der Waals surface area contributed by atoms with E-state index in [1.807, 2.05) is 0 Å². The van der Waals surface area contributed by atoms with Gasteiger partial charge < -0.3 is 20.1 Å². The first kappa shape index (κ1) is 82.5. The first-order valence-corrected chi connectivity index (χ1v) is 37.9. The van der Waals surface area contributed by atoms with Gasteiger partial charge in [0.05, 0.1) is 13.2 Å². The van der Waals surface area contributed by atoms with Gasteiger partial charge in [0.25, 0.3) is 0 Å². The normalized spacial score (nSPS) is 13.3. The minimum absolute atomic E-state index is 0.0542. The van der Waals surface area contributed by atoms with Crippen LogP contribution in [0.4, 0.5) is 0 Å². The summed E-state index contributed by atoms with van der Waals surface area (Å²) in [7, 11) is -4.39. The Hall–Kier alpha value is -2.55. The predicted octanol–water partition coefficient (Wildman–Crippen LogP) is 24.0. The number of carbonyl (C=O) groups excluding carboxylic acids is 2. The Kier molecular flexibility index (Phi) is 68.4. The van der Waals surface area contributed by atoms with E-state index in [4.69, 9.17) is 24.3 Å². The van der Waals surface area contributed by atoms with Crippen LogP contribution in [-0.2, 0) is 32.7 Å². The molecule has 0 bridgehead atoms. The van der Waals surface area contributed by atoms with Crippen molar-refractivity contribution in [2.24, 2.45) is 5.73 Å². The van der Waals surface area contributed by atoms with E-state index >= 15 is 0 Å². The summed E-state index contributed by atoms with van der Waals surface area (Å²) in [5.74, 6) is -0.809. The number of esters is 2. The average Bonchev–Trinajstić information content (AvgIpc) is 3.52. The fourth-order valence-corrected chi connectivity index (χ4v) is 11.5. The molecule has 3 N–H and O–H groups in total. The maximum absolute atomic E-state index is 12.8. The van der Waals surface area contributed by atoms with Crippen molar-refractivity contribution in [3.05, 3.63) is 72.9 Å². The van der Waals surface area contributed by atoms with Crippen LogP contribution in [0, 0.1) is 0 Å². The quantitative estimate of drug-likeness (QED) is 0.0264. The number of allylic oxidation sites excluding steroid dienone is 12. The van der Waals surface area contributed by atoms with Gasteiger partial charge in [-0.25, -0.2) is 4.57 Å². The van der Waals surface area contributed by atoms with Gasteiger partial charge in [-0.2, -0.15) is 0 Å². The fraction of sp³-hybridized carbons (Fsp3) is 0.813. The Morgan fingerprint density at radius 1 is 0.365 bits per heavy atom. The molecule has 2 atom stereocenters. The largest absolute Gasteiger partial charge is 0.472 e. The molecule has 10 heteroatoms. The van der Waals surface area contributed by atoms with Gasteiger partial charge in [0.15, 0.2) is 6.10 Å². The molecular weight excluding hydrogens is 1070 g/mol. The summed E-state index contributed by atoms with van der Waals surface area (Å²) < 4.78 is 33.2. The van der Waals surface area contributed by atoms with Crippen LogP contribution < -0.4 is 5.73 Å². The van der Waals surface area contributed by atoms with Crippen molar-refractivity contribution in [1.82, 2.24) is 0 Å². The molecule has 0 aromatic carbocycles. The SMILES string of the molecule is CC/C=C\C/C=C\C/C=C\C/C=C\C/C=C\CCCCCCCCCCCCCCCCCCCCCC(=O)OC(COC(=O)CCCCCCCCCCCCCCCCCCC/C=C\CCCCCCCCCC)COP(=O)(O)OCCN. The highest BCUT2D eigenvalue weighted by atomic mass is 31.2. The van der Waals surface area contributed by atoms with Crippen molar-refractivity contribution >= 4 is 19.8 Å². The summed E-state index contributed by atoms with van der Waals surface area (Å²) in [6.07, 6.45) is 93.0. The molecule has 496 valence electrons. The number of carbonyl (C=O) groups is 2. The Morgan fingerprint density at radius 2 is 0.647 bits per heavy atom. The summed E-state index contributed by atoms with van der Waals surface area (Å²) in [6, 6.07) is 0. The lowest BCUT2D eigenvalue weighted by Crippen LogP contribution is -2.29. The van der Waals surface area contributed by atoms with Crippen molar-refractivity contribution in [1.29, 1.82) is 0 Å². The van der Waals surface area contributed by atoms with Crippen LogP contribution in [0.3, 0.4) is 0 Å². The van der Waals surface area contributed by atoms with Gasteiger partial charge in [0.2, 0.25) is 0 Å². The Labute approximate surface area is 526 Å². The van der Waals surface area contributed by atoms with E-state index in [2.05, 4.69) is 86.8 Å². The number of hydrogen-bond donors (Lipinski definition) is 2. The molecule has 9 nitrogen and oxygen atoms in total. The van der Waals surface area contributed by atoms with Crippen LogP contribution in [0.2, 0.25) is 0 Å². The second kappa shape index (κ2) is 70.5. The predicted molar refractivity (Wildman–Crippen MR) is 367 cm³/mol. The number of ether oxygens (including phenoxy) is 2. The molecule has 0 spiro atoms. The maximum atomic E-state index is 12.8. The molecule has 0 fully saturated rings. The number of hydrogen-bond acceptors (Lipinski definition) is 8. The first-order valence-electron chi connectivity index (χ1n) is 36.4. The number of unbranched alkanes of at least 4 members (excludes halogenated alkanes) is 44. The highest BCUT2D eigenvalue weighted by Gasteiger charge is 2.26. The smallest absolute Gasteiger partial charge is 0.462 e. The standard InChI is InChI=1S/C75H138NO8P/c1-3-5-7-9-11-13-15-17-19-21-23-25-27-29-31-33-34-35-36-37-38-40-42-44-46-48-50-52-54-56-58-60-62-64-66-68-75(78)84-73(72-83-85(79,80)82-70-69-76)71-81-74(77)67-65-63-61-59-57-55-53-51-49-47-45-43-41-39-32-30-28-26-24-22-20-18-16-14-12-10-8-6-4-2/h5,7,11,13,17,19,22-25,29,31,73H,3-4,6,8-10,12,14-16,18,20-21,26-28,30,32-72,76H2,1-2H3,(H,79,80)/b7-5-,13-11-,19-17-,24-22-,25-23-,31-29-. The summed E-state index contributed by atoms with van der Waals surface area (Å²) in [5.41, 5.74) is 5.41. The van der Waals surface area contributed by atoms with Gasteiger partial charge in [0, 0.05) is 19.4 Å². The first-order chi connectivity index (χ1) is 41.8. The number of phosphoric ester groups is 1. The summed E-state index contributed by atoms with van der Waals surface area (Å²) >= 11 is 0. The average molecular weight is 1210 g/mol. The molecule has 0 rings (SSSR count). The van der Waals surface area contributed by atoms with E-state index < -0.39 is 26.5 Å². The third-order valence-electron chi connectivity index (χ3n) is 16.1. The van der Waals surface area contributed by atoms with E-state index in [0.29, 0.717) is 6.42 Å². The molecule has 0 aliphatic heterocycles. The van der Waals surface area contributed by atoms with Gasteiger partial charge in [-0.3, -0.25) is 18.6 Å². The zero-order chi connectivity index (χ0) is 61.6. The lowest BCUT2D eigenvalue weighted by Gasteiger charge is -2.19. The molecule has 0 heterocycles. The molecule has 0 aliphatic rings. The van der Waals surface area contributed by atoms with E-state index in [1.165, 1.54) is 263 Å². The zero-order valence-electron chi connectivity index (χ0n) is 55.8. The number of nitrogens with two attached hydrogens (primary N) is 1. The van der Waals surface area contributed by atoms with Crippen molar-refractivity contribution < 1.29 is 37.6 Å². The van der Waals surface area contributed by atoms with E-state index in [1.54, 1.807) is 0 Å². The molecule has 85 heavy (non-hydrogen) atoms. The fourth-order valence-electron chi connectivity index (χ4n) is 10.7. The topological polar surface area (TPSA) is 134 Å². The number of phosphoric acid groups is 1. The van der Waals surface area contributed by atoms with Crippen LogP contribution >= 0.6 is 7.82 Å². The molecule has 0 aromatic rings. The summed E-state index contributed by atoms with van der Waals surface area (Å²) in [6.45, 7) is 3.69. The van der Waals surface area contributed by atoms with Crippen molar-refractivity contribution in [3.63, 3.8) is 0 Å². The second-order valence-corrected chi connectivity index (χ2v) is 25.9. The summed E-state index contributed by atoms with van der Waals surface area (Å²) in [5, 5.41) is 0. The maximum Gasteiger partial charge on any atom is 0.472 e. The third kappa shape index (κ3) is 70.4. The van der Waals surface area contributed by atoms with E-state index in [-0.39, 0.29) is 38.6 Å². The highest BCUT2D eigenvalue weighted by molar-refractivity contribution is 7.47. The molecule has 0 amide bonds. The molecule has 0 aromatic heterocycles. The second-order valence-electron chi connectivity index (χ2n) is 24.4. The molecule has 0 radical (unpaired) electrons. The minimum atomic E-state index is -4.39. The van der Waals surface area contributed by atoms with Crippen molar-refractivity contribution in [2.45, 2.75) is 367 Å². The third-order valence-corrected chi connectivity index (χ3v) is 17.1. The van der Waals surface area contributed by atoms with Crippen LogP contribution in [0.25, 0.3) is 0 Å².